The number of hydrazone groups is 1. The topological polar surface area (TPSA) is 124 Å². The van der Waals surface area contributed by atoms with E-state index in [1.54, 1.807) is 18.3 Å². The Kier molecular flexibility index (Phi) is 6.28. The van der Waals surface area contributed by atoms with E-state index in [2.05, 4.69) is 36.1 Å². The number of benzene rings is 3. The highest BCUT2D eigenvalue weighted by Crippen LogP contribution is 2.18. The van der Waals surface area contributed by atoms with Gasteiger partial charge < -0.3 is 15.7 Å². The predicted molar refractivity (Wildman–Crippen MR) is 124 cm³/mol. The fraction of sp³-hybridized carbons (Fsp3) is 0. The standard InChI is InChI=1S/C23H19N7O2/c31-20(32)17-13-11-16(12-14-17)15-24-30-23-28-21(25-18-7-3-1-4-8-18)27-22(29-23)26-19-9-5-2-6-10-19/h1-15H,(H,31,32)(H3,25,26,27,28,29,30)/b24-15+. The summed E-state index contributed by atoms with van der Waals surface area (Å²) in [6, 6.07) is 25.4. The van der Waals surface area contributed by atoms with Crippen LogP contribution >= 0.6 is 0 Å². The van der Waals surface area contributed by atoms with E-state index in [0.29, 0.717) is 11.9 Å². The smallest absolute Gasteiger partial charge is 0.335 e. The van der Waals surface area contributed by atoms with Gasteiger partial charge in [-0.1, -0.05) is 48.5 Å². The van der Waals surface area contributed by atoms with E-state index in [1.165, 1.54) is 12.1 Å². The molecule has 0 radical (unpaired) electrons. The molecule has 0 saturated carbocycles. The number of hydrogen-bond donors (Lipinski definition) is 4. The number of hydrogen-bond acceptors (Lipinski definition) is 8. The van der Waals surface area contributed by atoms with Crippen molar-refractivity contribution in [2.45, 2.75) is 0 Å². The van der Waals surface area contributed by atoms with Gasteiger partial charge in [-0.15, -0.1) is 0 Å². The third kappa shape index (κ3) is 5.63. The molecule has 158 valence electrons. The molecule has 0 amide bonds. The SMILES string of the molecule is O=C(O)c1ccc(/C=N/Nc2nc(Nc3ccccc3)nc(Nc3ccccc3)n2)cc1. The Hall–Kier alpha value is -4.79. The molecule has 1 aromatic heterocycles. The van der Waals surface area contributed by atoms with Crippen molar-refractivity contribution in [3.8, 4) is 0 Å². The van der Waals surface area contributed by atoms with Crippen LogP contribution in [0.4, 0.5) is 29.2 Å². The molecular weight excluding hydrogens is 406 g/mol. The van der Waals surface area contributed by atoms with Gasteiger partial charge in [0, 0.05) is 11.4 Å². The fourth-order valence-corrected chi connectivity index (χ4v) is 2.72. The average molecular weight is 425 g/mol. The second kappa shape index (κ2) is 9.81. The summed E-state index contributed by atoms with van der Waals surface area (Å²) < 4.78 is 0. The largest absolute Gasteiger partial charge is 0.478 e. The molecule has 0 saturated heterocycles. The van der Waals surface area contributed by atoms with Crippen molar-refractivity contribution in [1.82, 2.24) is 15.0 Å². The van der Waals surface area contributed by atoms with Crippen molar-refractivity contribution in [2.75, 3.05) is 16.1 Å². The van der Waals surface area contributed by atoms with Gasteiger partial charge in [0.05, 0.1) is 11.8 Å². The lowest BCUT2D eigenvalue weighted by molar-refractivity contribution is 0.0697. The van der Waals surface area contributed by atoms with Gasteiger partial charge in [0.2, 0.25) is 17.8 Å². The highest BCUT2D eigenvalue weighted by atomic mass is 16.4. The average Bonchev–Trinajstić information content (AvgIpc) is 2.81. The summed E-state index contributed by atoms with van der Waals surface area (Å²) in [7, 11) is 0. The van der Waals surface area contributed by atoms with E-state index < -0.39 is 5.97 Å². The lowest BCUT2D eigenvalue weighted by Crippen LogP contribution is -2.07. The number of nitrogens with one attached hydrogen (secondary N) is 3. The summed E-state index contributed by atoms with van der Waals surface area (Å²) >= 11 is 0. The molecule has 0 fully saturated rings. The molecule has 3 aromatic carbocycles. The van der Waals surface area contributed by atoms with Gasteiger partial charge in [0.15, 0.2) is 0 Å². The molecule has 0 atom stereocenters. The van der Waals surface area contributed by atoms with E-state index in [1.807, 2.05) is 60.7 Å². The van der Waals surface area contributed by atoms with Gasteiger partial charge in [-0.3, -0.25) is 0 Å². The Morgan fingerprint density at radius 3 is 1.72 bits per heavy atom. The summed E-state index contributed by atoms with van der Waals surface area (Å²) in [5, 5.41) is 19.4. The summed E-state index contributed by atoms with van der Waals surface area (Å²) in [5.74, 6) is -0.0646. The lowest BCUT2D eigenvalue weighted by Gasteiger charge is -2.10. The first kappa shape index (κ1) is 20.5. The highest BCUT2D eigenvalue weighted by Gasteiger charge is 2.07. The van der Waals surface area contributed by atoms with Gasteiger partial charge in [0.1, 0.15) is 0 Å². The molecule has 32 heavy (non-hydrogen) atoms. The molecule has 4 rings (SSSR count). The number of aromatic nitrogens is 3. The molecule has 0 aliphatic rings. The Bertz CT molecular complexity index is 1150. The Labute approximate surface area is 183 Å². The number of carboxylic acids is 1. The van der Waals surface area contributed by atoms with Crippen molar-refractivity contribution in [3.05, 3.63) is 96.1 Å². The quantitative estimate of drug-likeness (QED) is 0.240. The third-order valence-corrected chi connectivity index (χ3v) is 4.23. The first-order valence-corrected chi connectivity index (χ1v) is 9.68. The maximum Gasteiger partial charge on any atom is 0.335 e. The molecule has 0 unspecified atom stereocenters. The molecule has 0 spiro atoms. The van der Waals surface area contributed by atoms with Crippen molar-refractivity contribution < 1.29 is 9.90 Å². The number of nitrogens with zero attached hydrogens (tertiary/aromatic N) is 4. The fourth-order valence-electron chi connectivity index (χ4n) is 2.72. The molecule has 9 heteroatoms. The van der Waals surface area contributed by atoms with Crippen LogP contribution in [-0.4, -0.2) is 32.2 Å². The van der Waals surface area contributed by atoms with Crippen LogP contribution in [0.3, 0.4) is 0 Å². The highest BCUT2D eigenvalue weighted by molar-refractivity contribution is 5.89. The van der Waals surface area contributed by atoms with Crippen LogP contribution in [0.15, 0.2) is 90.0 Å². The number of aromatic carboxylic acids is 1. The maximum absolute atomic E-state index is 11.0. The second-order valence-corrected chi connectivity index (χ2v) is 6.59. The first-order chi connectivity index (χ1) is 15.7. The first-order valence-electron chi connectivity index (χ1n) is 9.68. The van der Waals surface area contributed by atoms with Gasteiger partial charge in [-0.25, -0.2) is 10.2 Å². The van der Waals surface area contributed by atoms with Crippen LogP contribution in [-0.2, 0) is 0 Å². The normalized spacial score (nSPS) is 10.6. The van der Waals surface area contributed by atoms with Gasteiger partial charge in [0.25, 0.3) is 0 Å². The van der Waals surface area contributed by atoms with Gasteiger partial charge in [-0.05, 0) is 42.0 Å². The Morgan fingerprint density at radius 2 is 1.22 bits per heavy atom. The summed E-state index contributed by atoms with van der Waals surface area (Å²) in [4.78, 5) is 24.1. The second-order valence-electron chi connectivity index (χ2n) is 6.59. The lowest BCUT2D eigenvalue weighted by atomic mass is 10.1. The summed E-state index contributed by atoms with van der Waals surface area (Å²) in [5.41, 5.74) is 5.39. The molecular formula is C23H19N7O2. The van der Waals surface area contributed by atoms with E-state index in [4.69, 9.17) is 5.11 Å². The number of anilines is 5. The zero-order chi connectivity index (χ0) is 22.2. The Balaban J connectivity index is 1.54. The molecule has 1 heterocycles. The zero-order valence-electron chi connectivity index (χ0n) is 16.8. The third-order valence-electron chi connectivity index (χ3n) is 4.23. The van der Waals surface area contributed by atoms with E-state index in [9.17, 15) is 4.79 Å². The molecule has 0 aliphatic heterocycles. The molecule has 0 bridgehead atoms. The summed E-state index contributed by atoms with van der Waals surface area (Å²) in [6.07, 6.45) is 1.55. The van der Waals surface area contributed by atoms with Crippen molar-refractivity contribution >= 4 is 41.4 Å². The molecule has 4 aromatic rings. The molecule has 4 N–H and O–H groups in total. The van der Waals surface area contributed by atoms with E-state index >= 15 is 0 Å². The van der Waals surface area contributed by atoms with E-state index in [0.717, 1.165) is 16.9 Å². The van der Waals surface area contributed by atoms with Gasteiger partial charge in [-0.2, -0.15) is 20.1 Å². The van der Waals surface area contributed by atoms with Crippen molar-refractivity contribution in [3.63, 3.8) is 0 Å². The predicted octanol–water partition coefficient (Wildman–Crippen LogP) is 4.50. The van der Waals surface area contributed by atoms with E-state index in [-0.39, 0.29) is 11.5 Å². The van der Waals surface area contributed by atoms with Crippen LogP contribution in [0.5, 0.6) is 0 Å². The summed E-state index contributed by atoms with van der Waals surface area (Å²) in [6.45, 7) is 0. The number of carboxylic acid groups (broad SMARTS) is 1. The van der Waals surface area contributed by atoms with Crippen molar-refractivity contribution in [1.29, 1.82) is 0 Å². The van der Waals surface area contributed by atoms with Crippen LogP contribution in [0, 0.1) is 0 Å². The molecule has 0 aliphatic carbocycles. The van der Waals surface area contributed by atoms with Crippen LogP contribution in [0.2, 0.25) is 0 Å². The van der Waals surface area contributed by atoms with Crippen LogP contribution < -0.4 is 16.1 Å². The van der Waals surface area contributed by atoms with Crippen molar-refractivity contribution in [2.24, 2.45) is 5.10 Å². The zero-order valence-corrected chi connectivity index (χ0v) is 16.8. The van der Waals surface area contributed by atoms with Crippen LogP contribution in [0.1, 0.15) is 15.9 Å². The minimum Gasteiger partial charge on any atom is -0.478 e. The Morgan fingerprint density at radius 1 is 0.719 bits per heavy atom. The van der Waals surface area contributed by atoms with Gasteiger partial charge >= 0.3 is 5.97 Å². The van der Waals surface area contributed by atoms with Crippen LogP contribution in [0.25, 0.3) is 0 Å². The number of rotatable bonds is 8. The molecule has 9 nitrogen and oxygen atoms in total. The number of carbonyl (C=O) groups is 1. The number of para-hydroxylation sites is 2. The monoisotopic (exact) mass is 425 g/mol. The minimum atomic E-state index is -0.978. The minimum absolute atomic E-state index is 0.209. The maximum atomic E-state index is 11.0.